The third kappa shape index (κ3) is 3.16. The van der Waals surface area contributed by atoms with Crippen LogP contribution in [0.4, 0.5) is 0 Å². The molecule has 2 aliphatic rings. The van der Waals surface area contributed by atoms with Crippen LogP contribution in [-0.2, 0) is 19.1 Å². The van der Waals surface area contributed by atoms with Crippen LogP contribution in [0.2, 0.25) is 5.02 Å². The van der Waals surface area contributed by atoms with Crippen molar-refractivity contribution in [2.75, 3.05) is 0 Å². The molecule has 6 heteroatoms. The van der Waals surface area contributed by atoms with Crippen LogP contribution >= 0.6 is 11.6 Å². The Morgan fingerprint density at radius 2 is 1.63 bits per heavy atom. The van der Waals surface area contributed by atoms with Gasteiger partial charge in [-0.2, -0.15) is 0 Å². The summed E-state index contributed by atoms with van der Waals surface area (Å²) in [6.07, 6.45) is 4.48. The largest absolute Gasteiger partial charge is 0.419 e. The van der Waals surface area contributed by atoms with E-state index in [9.17, 15) is 9.59 Å². The molecule has 1 saturated heterocycles. The number of carbonyl (C=O) groups excluding carboxylic acids is 2. The molecule has 140 valence electrons. The molecule has 0 radical (unpaired) electrons. The highest BCUT2D eigenvalue weighted by Crippen LogP contribution is 2.39. The molecule has 4 rings (SSSR count). The van der Waals surface area contributed by atoms with Crippen molar-refractivity contribution in [3.63, 3.8) is 0 Å². The molecular weight excluding hydrogens is 366 g/mol. The predicted octanol–water partition coefficient (Wildman–Crippen LogP) is 4.50. The number of hydrogen-bond acceptors (Lipinski definition) is 4. The van der Waals surface area contributed by atoms with Crippen LogP contribution in [0, 0.1) is 13.8 Å². The molecule has 1 aliphatic carbocycles. The summed E-state index contributed by atoms with van der Waals surface area (Å²) in [5.41, 5.74) is 3.55. The lowest BCUT2D eigenvalue weighted by molar-refractivity contribution is -0.232. The first-order valence-corrected chi connectivity index (χ1v) is 9.40. The standard InChI is InChI=1S/C21H20ClNO4/c1-13-11-15(14(2)23(13)17-7-5-16(22)6-8-17)12-18-19(24)26-21(27-20(18)25)9-3-4-10-21/h5-8,11-12H,3-4,9-10H2,1-2H3. The van der Waals surface area contributed by atoms with E-state index in [1.54, 1.807) is 6.08 Å². The van der Waals surface area contributed by atoms with Gasteiger partial charge in [-0.15, -0.1) is 0 Å². The summed E-state index contributed by atoms with van der Waals surface area (Å²) in [6.45, 7) is 3.90. The van der Waals surface area contributed by atoms with E-state index in [4.69, 9.17) is 21.1 Å². The Balaban J connectivity index is 1.68. The number of ether oxygens (including phenoxy) is 2. The van der Waals surface area contributed by atoms with E-state index in [1.807, 2.05) is 48.7 Å². The van der Waals surface area contributed by atoms with Gasteiger partial charge in [0.2, 0.25) is 0 Å². The zero-order chi connectivity index (χ0) is 19.2. The minimum Gasteiger partial charge on any atom is -0.419 e. The molecule has 1 aromatic heterocycles. The Labute approximate surface area is 162 Å². The summed E-state index contributed by atoms with van der Waals surface area (Å²) in [5.74, 6) is -2.26. The fourth-order valence-corrected chi connectivity index (χ4v) is 3.99. The highest BCUT2D eigenvalue weighted by molar-refractivity contribution is 6.30. The highest BCUT2D eigenvalue weighted by Gasteiger charge is 2.47. The van der Waals surface area contributed by atoms with Gasteiger partial charge in [-0.3, -0.25) is 0 Å². The Morgan fingerprint density at radius 1 is 1.04 bits per heavy atom. The van der Waals surface area contributed by atoms with Crippen LogP contribution in [0.5, 0.6) is 0 Å². The number of aromatic nitrogens is 1. The highest BCUT2D eigenvalue weighted by atomic mass is 35.5. The Morgan fingerprint density at radius 3 is 2.22 bits per heavy atom. The van der Waals surface area contributed by atoms with Crippen molar-refractivity contribution in [3.8, 4) is 5.69 Å². The second-order valence-electron chi connectivity index (χ2n) is 7.09. The number of carbonyl (C=O) groups is 2. The Hall–Kier alpha value is -2.53. The first-order chi connectivity index (χ1) is 12.9. The lowest BCUT2D eigenvalue weighted by Crippen LogP contribution is -2.44. The van der Waals surface area contributed by atoms with E-state index in [1.165, 1.54) is 0 Å². The average molecular weight is 386 g/mol. The first kappa shape index (κ1) is 17.9. The summed E-state index contributed by atoms with van der Waals surface area (Å²) in [6, 6.07) is 9.42. The molecule has 1 spiro atoms. The molecule has 27 heavy (non-hydrogen) atoms. The number of halogens is 1. The van der Waals surface area contributed by atoms with Crippen molar-refractivity contribution >= 4 is 29.6 Å². The number of aryl methyl sites for hydroxylation is 1. The Bertz CT molecular complexity index is 927. The van der Waals surface area contributed by atoms with Gasteiger partial charge < -0.3 is 14.0 Å². The maximum absolute atomic E-state index is 12.5. The van der Waals surface area contributed by atoms with E-state index >= 15 is 0 Å². The van der Waals surface area contributed by atoms with Gasteiger partial charge in [-0.05, 0) is 68.7 Å². The van der Waals surface area contributed by atoms with Gasteiger partial charge in [-0.1, -0.05) is 11.6 Å². The second-order valence-corrected chi connectivity index (χ2v) is 7.53. The zero-order valence-electron chi connectivity index (χ0n) is 15.3. The van der Waals surface area contributed by atoms with Crippen LogP contribution in [0.15, 0.2) is 35.9 Å². The van der Waals surface area contributed by atoms with Crippen LogP contribution in [0.3, 0.4) is 0 Å². The van der Waals surface area contributed by atoms with Crippen molar-refractivity contribution in [3.05, 3.63) is 57.9 Å². The minimum atomic E-state index is -1.05. The number of esters is 2. The lowest BCUT2D eigenvalue weighted by atomic mass is 10.1. The van der Waals surface area contributed by atoms with E-state index in [-0.39, 0.29) is 5.57 Å². The minimum absolute atomic E-state index is 0.0659. The van der Waals surface area contributed by atoms with Crippen molar-refractivity contribution < 1.29 is 19.1 Å². The van der Waals surface area contributed by atoms with Gasteiger partial charge in [0.15, 0.2) is 0 Å². The molecule has 5 nitrogen and oxygen atoms in total. The smallest absolute Gasteiger partial charge is 0.348 e. The zero-order valence-corrected chi connectivity index (χ0v) is 16.0. The predicted molar refractivity (Wildman–Crippen MR) is 102 cm³/mol. The van der Waals surface area contributed by atoms with Crippen molar-refractivity contribution in [2.24, 2.45) is 0 Å². The summed E-state index contributed by atoms with van der Waals surface area (Å²) < 4.78 is 13.0. The summed E-state index contributed by atoms with van der Waals surface area (Å²) >= 11 is 5.97. The van der Waals surface area contributed by atoms with Crippen LogP contribution in [-0.4, -0.2) is 22.3 Å². The van der Waals surface area contributed by atoms with Crippen LogP contribution < -0.4 is 0 Å². The molecule has 0 bridgehead atoms. The number of hydrogen-bond donors (Lipinski definition) is 0. The summed E-state index contributed by atoms with van der Waals surface area (Å²) in [7, 11) is 0. The topological polar surface area (TPSA) is 57.5 Å². The molecule has 0 N–H and O–H groups in total. The fourth-order valence-electron chi connectivity index (χ4n) is 3.86. The lowest BCUT2D eigenvalue weighted by Gasteiger charge is -2.32. The van der Waals surface area contributed by atoms with Gasteiger partial charge in [0.25, 0.3) is 5.79 Å². The van der Waals surface area contributed by atoms with Crippen molar-refractivity contribution in [1.29, 1.82) is 0 Å². The molecule has 1 saturated carbocycles. The monoisotopic (exact) mass is 385 g/mol. The third-order valence-corrected chi connectivity index (χ3v) is 5.47. The fraction of sp³-hybridized carbons (Fsp3) is 0.333. The maximum atomic E-state index is 12.5. The normalized spacial score (nSPS) is 18.6. The molecule has 1 aromatic carbocycles. The molecule has 0 atom stereocenters. The van der Waals surface area contributed by atoms with Gasteiger partial charge in [-0.25, -0.2) is 9.59 Å². The number of benzene rings is 1. The van der Waals surface area contributed by atoms with Gasteiger partial charge >= 0.3 is 11.9 Å². The molecule has 2 aromatic rings. The summed E-state index contributed by atoms with van der Waals surface area (Å²) in [5, 5.41) is 0.664. The van der Waals surface area contributed by atoms with Gasteiger partial charge in [0.1, 0.15) is 5.57 Å². The van der Waals surface area contributed by atoms with E-state index in [0.717, 1.165) is 35.5 Å². The van der Waals surface area contributed by atoms with Gasteiger partial charge in [0, 0.05) is 34.9 Å². The molecule has 2 heterocycles. The molecule has 2 fully saturated rings. The average Bonchev–Trinajstić information content (AvgIpc) is 3.17. The van der Waals surface area contributed by atoms with E-state index in [0.29, 0.717) is 17.9 Å². The van der Waals surface area contributed by atoms with Crippen molar-refractivity contribution in [1.82, 2.24) is 4.57 Å². The van der Waals surface area contributed by atoms with E-state index in [2.05, 4.69) is 0 Å². The summed E-state index contributed by atoms with van der Waals surface area (Å²) in [4.78, 5) is 24.9. The maximum Gasteiger partial charge on any atom is 0.348 e. The molecule has 0 unspecified atom stereocenters. The van der Waals surface area contributed by atoms with Crippen LogP contribution in [0.1, 0.15) is 42.6 Å². The van der Waals surface area contributed by atoms with Crippen molar-refractivity contribution in [2.45, 2.75) is 45.3 Å². The van der Waals surface area contributed by atoms with E-state index < -0.39 is 17.7 Å². The molecule has 0 amide bonds. The molecule has 1 aliphatic heterocycles. The second kappa shape index (κ2) is 6.57. The third-order valence-electron chi connectivity index (χ3n) is 5.22. The number of rotatable bonds is 2. The van der Waals surface area contributed by atoms with Gasteiger partial charge in [0.05, 0.1) is 0 Å². The van der Waals surface area contributed by atoms with Crippen LogP contribution in [0.25, 0.3) is 11.8 Å². The number of nitrogens with zero attached hydrogens (tertiary/aromatic N) is 1. The molecular formula is C21H20ClNO4. The Kier molecular flexibility index (Phi) is 4.35. The SMILES string of the molecule is Cc1cc(C=C2C(=O)OC3(CCCC3)OC2=O)c(C)n1-c1ccc(Cl)cc1. The quantitative estimate of drug-likeness (QED) is 0.434. The first-order valence-electron chi connectivity index (χ1n) is 9.02.